The van der Waals surface area contributed by atoms with Crippen LogP contribution in [0.15, 0.2) is 12.1 Å². The van der Waals surface area contributed by atoms with E-state index in [0.29, 0.717) is 42.0 Å². The van der Waals surface area contributed by atoms with Crippen LogP contribution in [-0.4, -0.2) is 19.8 Å². The third-order valence-corrected chi connectivity index (χ3v) is 3.42. The molecule has 0 heterocycles. The van der Waals surface area contributed by atoms with E-state index in [9.17, 15) is 0 Å². The Bertz CT molecular complexity index is 495. The highest BCUT2D eigenvalue weighted by atomic mass is 35.5. The van der Waals surface area contributed by atoms with Gasteiger partial charge in [0.15, 0.2) is 11.5 Å². The summed E-state index contributed by atoms with van der Waals surface area (Å²) in [7, 11) is 1.60. The van der Waals surface area contributed by atoms with Gasteiger partial charge in [0.1, 0.15) is 0 Å². The summed E-state index contributed by atoms with van der Waals surface area (Å²) >= 11 is 6.26. The largest absolute Gasteiger partial charge is 0.493 e. The molecule has 1 N–H and O–H groups in total. The monoisotopic (exact) mass is 294 g/mol. The molecule has 0 aromatic heterocycles. The van der Waals surface area contributed by atoms with Crippen LogP contribution in [0.25, 0.3) is 0 Å². The summed E-state index contributed by atoms with van der Waals surface area (Å²) in [5, 5.41) is 12.5. The molecule has 4 nitrogen and oxygen atoms in total. The van der Waals surface area contributed by atoms with Gasteiger partial charge >= 0.3 is 0 Å². The highest BCUT2D eigenvalue weighted by molar-refractivity contribution is 6.32. The van der Waals surface area contributed by atoms with Crippen molar-refractivity contribution in [3.05, 3.63) is 22.7 Å². The second-order valence-electron chi connectivity index (χ2n) is 4.87. The van der Waals surface area contributed by atoms with Gasteiger partial charge in [0.25, 0.3) is 0 Å². The molecule has 20 heavy (non-hydrogen) atoms. The van der Waals surface area contributed by atoms with Gasteiger partial charge in [-0.15, -0.1) is 0 Å². The predicted molar refractivity (Wildman–Crippen MR) is 78.2 cm³/mol. The number of nitrogens with one attached hydrogen (secondary N) is 1. The molecule has 1 aromatic carbocycles. The molecule has 1 aromatic rings. The first kappa shape index (κ1) is 15.0. The summed E-state index contributed by atoms with van der Waals surface area (Å²) in [5.74, 6) is 1.20. The SMILES string of the molecule is COc1cc(CNC2CC2)cc(Cl)c1OCCCC#N. The number of unbranched alkanes of at least 4 members (excludes halogenated alkanes) is 1. The normalized spacial score (nSPS) is 13.8. The molecular weight excluding hydrogens is 276 g/mol. The number of nitriles is 1. The Hall–Kier alpha value is -1.44. The summed E-state index contributed by atoms with van der Waals surface area (Å²) in [4.78, 5) is 0. The number of benzene rings is 1. The Kier molecular flexibility index (Phi) is 5.51. The zero-order valence-electron chi connectivity index (χ0n) is 11.6. The van der Waals surface area contributed by atoms with Gasteiger partial charge in [-0.2, -0.15) is 5.26 Å². The van der Waals surface area contributed by atoms with Crippen LogP contribution in [0.2, 0.25) is 5.02 Å². The second-order valence-corrected chi connectivity index (χ2v) is 5.28. The third kappa shape index (κ3) is 4.29. The highest BCUT2D eigenvalue weighted by Gasteiger charge is 2.20. The molecule has 0 aliphatic heterocycles. The van der Waals surface area contributed by atoms with Crippen LogP contribution in [0, 0.1) is 11.3 Å². The summed E-state index contributed by atoms with van der Waals surface area (Å²) in [5.41, 5.74) is 1.09. The summed E-state index contributed by atoms with van der Waals surface area (Å²) < 4.78 is 11.0. The molecular formula is C15H19ClN2O2. The van der Waals surface area contributed by atoms with Crippen molar-refractivity contribution in [1.82, 2.24) is 5.32 Å². The van der Waals surface area contributed by atoms with Crippen LogP contribution in [-0.2, 0) is 6.54 Å². The lowest BCUT2D eigenvalue weighted by Crippen LogP contribution is -2.15. The van der Waals surface area contributed by atoms with E-state index in [1.165, 1.54) is 12.8 Å². The van der Waals surface area contributed by atoms with Crippen LogP contribution in [0.3, 0.4) is 0 Å². The molecule has 0 bridgehead atoms. The number of hydrogen-bond donors (Lipinski definition) is 1. The maximum Gasteiger partial charge on any atom is 0.179 e. The molecule has 0 unspecified atom stereocenters. The predicted octanol–water partition coefficient (Wildman–Crippen LogP) is 3.28. The van der Waals surface area contributed by atoms with Gasteiger partial charge in [0.05, 0.1) is 24.8 Å². The Morgan fingerprint density at radius 1 is 1.45 bits per heavy atom. The maximum atomic E-state index is 8.50. The minimum atomic E-state index is 0.462. The molecule has 0 spiro atoms. The molecule has 1 fully saturated rings. The summed E-state index contributed by atoms with van der Waals surface area (Å²) in [6, 6.07) is 6.59. The van der Waals surface area contributed by atoms with Crippen molar-refractivity contribution in [2.45, 2.75) is 38.3 Å². The van der Waals surface area contributed by atoms with Crippen LogP contribution in [0.5, 0.6) is 11.5 Å². The van der Waals surface area contributed by atoms with Gasteiger partial charge in [-0.05, 0) is 37.0 Å². The fourth-order valence-corrected chi connectivity index (χ4v) is 2.18. The molecule has 5 heteroatoms. The van der Waals surface area contributed by atoms with Crippen molar-refractivity contribution in [1.29, 1.82) is 5.26 Å². The topological polar surface area (TPSA) is 54.3 Å². The van der Waals surface area contributed by atoms with Crippen molar-refractivity contribution in [2.75, 3.05) is 13.7 Å². The molecule has 2 rings (SSSR count). The lowest BCUT2D eigenvalue weighted by atomic mass is 10.2. The van der Waals surface area contributed by atoms with E-state index in [4.69, 9.17) is 26.3 Å². The average molecular weight is 295 g/mol. The van der Waals surface area contributed by atoms with E-state index < -0.39 is 0 Å². The van der Waals surface area contributed by atoms with Crippen molar-refractivity contribution >= 4 is 11.6 Å². The van der Waals surface area contributed by atoms with Crippen molar-refractivity contribution < 1.29 is 9.47 Å². The van der Waals surface area contributed by atoms with Gasteiger partial charge in [-0.3, -0.25) is 0 Å². The maximum absolute atomic E-state index is 8.50. The lowest BCUT2D eigenvalue weighted by Gasteiger charge is -2.14. The third-order valence-electron chi connectivity index (χ3n) is 3.14. The zero-order valence-corrected chi connectivity index (χ0v) is 12.4. The van der Waals surface area contributed by atoms with E-state index in [1.807, 2.05) is 12.1 Å². The van der Waals surface area contributed by atoms with E-state index in [2.05, 4.69) is 11.4 Å². The van der Waals surface area contributed by atoms with E-state index in [1.54, 1.807) is 7.11 Å². The van der Waals surface area contributed by atoms with Crippen LogP contribution in [0.4, 0.5) is 0 Å². The fourth-order valence-electron chi connectivity index (χ4n) is 1.89. The number of hydrogen-bond acceptors (Lipinski definition) is 4. The number of ether oxygens (including phenoxy) is 2. The number of rotatable bonds is 8. The number of nitrogens with zero attached hydrogens (tertiary/aromatic N) is 1. The van der Waals surface area contributed by atoms with Crippen LogP contribution < -0.4 is 14.8 Å². The molecule has 1 saturated carbocycles. The first-order valence-corrected chi connectivity index (χ1v) is 7.22. The van der Waals surface area contributed by atoms with Crippen molar-refractivity contribution in [3.63, 3.8) is 0 Å². The highest BCUT2D eigenvalue weighted by Crippen LogP contribution is 2.36. The van der Waals surface area contributed by atoms with Gasteiger partial charge in [0.2, 0.25) is 0 Å². The van der Waals surface area contributed by atoms with Crippen molar-refractivity contribution in [2.24, 2.45) is 0 Å². The number of methoxy groups -OCH3 is 1. The van der Waals surface area contributed by atoms with Crippen LogP contribution >= 0.6 is 11.6 Å². The molecule has 0 saturated heterocycles. The quantitative estimate of drug-likeness (QED) is 0.748. The van der Waals surface area contributed by atoms with Gasteiger partial charge in [-0.25, -0.2) is 0 Å². The Morgan fingerprint density at radius 3 is 2.90 bits per heavy atom. The first-order valence-electron chi connectivity index (χ1n) is 6.84. The van der Waals surface area contributed by atoms with E-state index >= 15 is 0 Å². The lowest BCUT2D eigenvalue weighted by molar-refractivity contribution is 0.290. The summed E-state index contributed by atoms with van der Waals surface area (Å²) in [6.07, 6.45) is 3.67. The number of halogens is 1. The van der Waals surface area contributed by atoms with Gasteiger partial charge in [-0.1, -0.05) is 11.6 Å². The first-order chi connectivity index (χ1) is 9.74. The fraction of sp³-hybridized carbons (Fsp3) is 0.533. The van der Waals surface area contributed by atoms with E-state index in [-0.39, 0.29) is 0 Å². The molecule has 0 radical (unpaired) electrons. The molecule has 0 atom stereocenters. The Morgan fingerprint density at radius 2 is 2.25 bits per heavy atom. The molecule has 1 aliphatic carbocycles. The Labute approximate surface area is 124 Å². The minimum Gasteiger partial charge on any atom is -0.493 e. The van der Waals surface area contributed by atoms with E-state index in [0.717, 1.165) is 12.1 Å². The minimum absolute atomic E-state index is 0.462. The second kappa shape index (κ2) is 7.37. The summed E-state index contributed by atoms with van der Waals surface area (Å²) in [6.45, 7) is 1.25. The van der Waals surface area contributed by atoms with Gasteiger partial charge in [0, 0.05) is 19.0 Å². The average Bonchev–Trinajstić information content (AvgIpc) is 3.26. The molecule has 0 amide bonds. The molecule has 1 aliphatic rings. The Balaban J connectivity index is 2.00. The zero-order chi connectivity index (χ0) is 14.4. The van der Waals surface area contributed by atoms with Gasteiger partial charge < -0.3 is 14.8 Å². The van der Waals surface area contributed by atoms with Crippen molar-refractivity contribution in [3.8, 4) is 17.6 Å². The smallest absolute Gasteiger partial charge is 0.179 e. The standard InChI is InChI=1S/C15H19ClN2O2/c1-19-14-9-11(10-18-12-4-5-12)8-13(16)15(14)20-7-3-2-6-17/h8-9,12,18H,2-5,7,10H2,1H3. The van der Waals surface area contributed by atoms with Crippen LogP contribution in [0.1, 0.15) is 31.2 Å². The molecule has 108 valence electrons.